The van der Waals surface area contributed by atoms with E-state index in [1.165, 1.54) is 5.39 Å². The Hall–Kier alpha value is -3.47. The number of nitrogens with zero attached hydrogens (tertiary/aromatic N) is 3. The largest absolute Gasteiger partial charge is 0.291 e. The highest BCUT2D eigenvalue weighted by molar-refractivity contribution is 6.00. The Morgan fingerprint density at radius 3 is 2.70 bits per heavy atom. The Balaban J connectivity index is 1.55. The second-order valence-corrected chi connectivity index (χ2v) is 6.75. The second kappa shape index (κ2) is 6.36. The molecule has 0 amide bonds. The number of hydrazone groups is 1. The lowest BCUT2D eigenvalue weighted by Gasteiger charge is -2.19. The van der Waals surface area contributed by atoms with Gasteiger partial charge >= 0.3 is 0 Å². The van der Waals surface area contributed by atoms with Gasteiger partial charge in [0, 0.05) is 6.54 Å². The van der Waals surface area contributed by atoms with Gasteiger partial charge in [0.15, 0.2) is 5.82 Å². The summed E-state index contributed by atoms with van der Waals surface area (Å²) in [4.78, 5) is 17.5. The van der Waals surface area contributed by atoms with E-state index in [9.17, 15) is 4.79 Å². The van der Waals surface area contributed by atoms with E-state index in [-0.39, 0.29) is 5.56 Å². The van der Waals surface area contributed by atoms with E-state index in [1.807, 2.05) is 42.5 Å². The number of anilines is 1. The summed E-state index contributed by atoms with van der Waals surface area (Å²) in [6.07, 6.45) is 1.68. The van der Waals surface area contributed by atoms with Gasteiger partial charge in [0.25, 0.3) is 5.56 Å². The van der Waals surface area contributed by atoms with Gasteiger partial charge in [-0.15, -0.1) is 0 Å². The summed E-state index contributed by atoms with van der Waals surface area (Å²) >= 11 is 0. The van der Waals surface area contributed by atoms with Gasteiger partial charge in [0.05, 0.1) is 16.6 Å². The number of nitrogens with one attached hydrogen (secondary N) is 1. The molecule has 0 unspecified atom stereocenters. The highest BCUT2D eigenvalue weighted by Gasteiger charge is 2.20. The van der Waals surface area contributed by atoms with Crippen LogP contribution in [-0.2, 0) is 6.54 Å². The smallest absolute Gasteiger partial charge is 0.261 e. The number of para-hydroxylation sites is 1. The van der Waals surface area contributed by atoms with Crippen LogP contribution in [0.25, 0.3) is 21.7 Å². The molecular weight excluding hydrogens is 336 g/mol. The molecule has 0 aliphatic carbocycles. The molecular formula is C22H18N4O. The third kappa shape index (κ3) is 2.77. The lowest BCUT2D eigenvalue weighted by molar-refractivity contribution is 0.597. The van der Waals surface area contributed by atoms with Crippen molar-refractivity contribution >= 4 is 33.1 Å². The van der Waals surface area contributed by atoms with Crippen molar-refractivity contribution < 1.29 is 0 Å². The van der Waals surface area contributed by atoms with Gasteiger partial charge in [-0.2, -0.15) is 5.10 Å². The first kappa shape index (κ1) is 15.8. The molecule has 0 saturated carbocycles. The van der Waals surface area contributed by atoms with Crippen molar-refractivity contribution in [3.05, 3.63) is 82.9 Å². The molecule has 1 N–H and O–H groups in total. The Labute approximate surface area is 156 Å². The maximum Gasteiger partial charge on any atom is 0.261 e. The minimum atomic E-state index is 0.00806. The molecule has 27 heavy (non-hydrogen) atoms. The van der Waals surface area contributed by atoms with Crippen LogP contribution in [0.3, 0.4) is 0 Å². The number of rotatable bonds is 2. The Kier molecular flexibility index (Phi) is 3.71. The summed E-state index contributed by atoms with van der Waals surface area (Å²) in [6, 6.07) is 21.9. The lowest BCUT2D eigenvalue weighted by Crippen LogP contribution is -2.32. The van der Waals surface area contributed by atoms with Crippen molar-refractivity contribution in [2.75, 3.05) is 5.43 Å². The van der Waals surface area contributed by atoms with E-state index in [0.717, 1.165) is 29.6 Å². The SMILES string of the molecule is O=c1c2ccccc2nc2n1CCC/C2=N\Nc1ccc2ccccc2c1. The monoisotopic (exact) mass is 354 g/mol. The van der Waals surface area contributed by atoms with Gasteiger partial charge in [-0.3, -0.25) is 14.8 Å². The van der Waals surface area contributed by atoms with Crippen molar-refractivity contribution in [3.63, 3.8) is 0 Å². The van der Waals surface area contributed by atoms with Crippen LogP contribution in [0.15, 0.2) is 76.6 Å². The molecule has 0 bridgehead atoms. The van der Waals surface area contributed by atoms with Crippen LogP contribution in [0.5, 0.6) is 0 Å². The second-order valence-electron chi connectivity index (χ2n) is 6.75. The number of fused-ring (bicyclic) bond motifs is 3. The van der Waals surface area contributed by atoms with Crippen molar-refractivity contribution in [3.8, 4) is 0 Å². The van der Waals surface area contributed by atoms with Gasteiger partial charge in [-0.25, -0.2) is 4.98 Å². The Morgan fingerprint density at radius 1 is 0.963 bits per heavy atom. The molecule has 0 fully saturated rings. The van der Waals surface area contributed by atoms with Gasteiger partial charge in [-0.1, -0.05) is 42.5 Å². The highest BCUT2D eigenvalue weighted by Crippen LogP contribution is 2.20. The third-order valence-electron chi connectivity index (χ3n) is 4.98. The maximum atomic E-state index is 12.8. The number of aromatic nitrogens is 2. The maximum absolute atomic E-state index is 12.8. The molecule has 5 rings (SSSR count). The minimum Gasteiger partial charge on any atom is -0.291 e. The number of hydrogen-bond donors (Lipinski definition) is 1. The standard InChI is InChI=1S/C22H18N4O/c27-22-18-8-3-4-9-19(18)23-21-20(10-5-13-26(21)22)25-24-17-12-11-15-6-1-2-7-16(15)14-17/h1-4,6-9,11-12,14,24H,5,10,13H2/b25-20+. The van der Waals surface area contributed by atoms with E-state index < -0.39 is 0 Å². The fourth-order valence-corrected chi connectivity index (χ4v) is 3.61. The van der Waals surface area contributed by atoms with Crippen LogP contribution >= 0.6 is 0 Å². The van der Waals surface area contributed by atoms with Crippen LogP contribution in [0.4, 0.5) is 5.69 Å². The molecule has 1 aliphatic heterocycles. The number of benzene rings is 3. The summed E-state index contributed by atoms with van der Waals surface area (Å²) in [5.41, 5.74) is 5.61. The first-order chi connectivity index (χ1) is 13.3. The molecule has 132 valence electrons. The van der Waals surface area contributed by atoms with Gasteiger partial charge in [0.1, 0.15) is 5.71 Å². The molecule has 0 saturated heterocycles. The zero-order chi connectivity index (χ0) is 18.2. The number of hydrogen-bond acceptors (Lipinski definition) is 4. The van der Waals surface area contributed by atoms with Gasteiger partial charge < -0.3 is 0 Å². The molecule has 1 aliphatic rings. The van der Waals surface area contributed by atoms with Crippen LogP contribution in [-0.4, -0.2) is 15.3 Å². The minimum absolute atomic E-state index is 0.00806. The van der Waals surface area contributed by atoms with Crippen molar-refractivity contribution in [2.24, 2.45) is 5.10 Å². The van der Waals surface area contributed by atoms with Crippen molar-refractivity contribution in [2.45, 2.75) is 19.4 Å². The van der Waals surface area contributed by atoms with E-state index in [4.69, 9.17) is 4.98 Å². The Bertz CT molecular complexity index is 1260. The molecule has 3 aromatic carbocycles. The molecule has 0 spiro atoms. The molecule has 1 aromatic heterocycles. The highest BCUT2D eigenvalue weighted by atomic mass is 16.1. The zero-order valence-corrected chi connectivity index (χ0v) is 14.7. The summed E-state index contributed by atoms with van der Waals surface area (Å²) in [7, 11) is 0. The van der Waals surface area contributed by atoms with E-state index in [2.05, 4.69) is 34.8 Å². The quantitative estimate of drug-likeness (QED) is 0.550. The molecule has 0 radical (unpaired) electrons. The topological polar surface area (TPSA) is 59.3 Å². The van der Waals surface area contributed by atoms with Crippen LogP contribution in [0.2, 0.25) is 0 Å². The van der Waals surface area contributed by atoms with E-state index >= 15 is 0 Å². The first-order valence-electron chi connectivity index (χ1n) is 9.11. The summed E-state index contributed by atoms with van der Waals surface area (Å²) in [5, 5.41) is 7.60. The summed E-state index contributed by atoms with van der Waals surface area (Å²) in [5.74, 6) is 0.665. The van der Waals surface area contributed by atoms with Crippen molar-refractivity contribution in [1.29, 1.82) is 0 Å². The third-order valence-corrected chi connectivity index (χ3v) is 4.98. The molecule has 5 nitrogen and oxygen atoms in total. The lowest BCUT2D eigenvalue weighted by atomic mass is 10.1. The van der Waals surface area contributed by atoms with Crippen LogP contribution < -0.4 is 11.0 Å². The zero-order valence-electron chi connectivity index (χ0n) is 14.7. The predicted molar refractivity (Wildman–Crippen MR) is 109 cm³/mol. The normalized spacial score (nSPS) is 15.2. The molecule has 0 atom stereocenters. The summed E-state index contributed by atoms with van der Waals surface area (Å²) < 4.78 is 1.74. The van der Waals surface area contributed by atoms with E-state index in [0.29, 0.717) is 23.3 Å². The van der Waals surface area contributed by atoms with Gasteiger partial charge in [-0.05, 0) is 47.9 Å². The molecule has 4 aromatic rings. The average Bonchev–Trinajstić information content (AvgIpc) is 2.72. The molecule has 2 heterocycles. The fraction of sp³-hybridized carbons (Fsp3) is 0.136. The summed E-state index contributed by atoms with van der Waals surface area (Å²) in [6.45, 7) is 0.682. The van der Waals surface area contributed by atoms with E-state index in [1.54, 1.807) is 4.57 Å². The Morgan fingerprint density at radius 2 is 1.78 bits per heavy atom. The average molecular weight is 354 g/mol. The predicted octanol–water partition coefficient (Wildman–Crippen LogP) is 4.16. The van der Waals surface area contributed by atoms with Gasteiger partial charge in [0.2, 0.25) is 0 Å². The fourth-order valence-electron chi connectivity index (χ4n) is 3.61. The first-order valence-corrected chi connectivity index (χ1v) is 9.11. The van der Waals surface area contributed by atoms with Crippen LogP contribution in [0, 0.1) is 0 Å². The van der Waals surface area contributed by atoms with Crippen LogP contribution in [0.1, 0.15) is 18.7 Å². The molecule has 5 heteroatoms. The van der Waals surface area contributed by atoms with Crippen molar-refractivity contribution in [1.82, 2.24) is 9.55 Å².